The fraction of sp³-hybridized carbons (Fsp3) is 0.118. The molecule has 14 heteroatoms. The molecule has 6 nitrogen and oxygen atoms in total. The van der Waals surface area contributed by atoms with Gasteiger partial charge in [0.25, 0.3) is 0 Å². The summed E-state index contributed by atoms with van der Waals surface area (Å²) in [6, 6.07) is 18.2. The number of hydrogen-bond acceptors (Lipinski definition) is 11. The second-order valence-corrected chi connectivity index (χ2v) is 19.8. The van der Waals surface area contributed by atoms with Gasteiger partial charge in [0.2, 0.25) is 0 Å². The van der Waals surface area contributed by atoms with Gasteiger partial charge in [-0.15, -0.1) is 68.0 Å². The van der Waals surface area contributed by atoms with Crippen molar-refractivity contribution in [2.75, 3.05) is 0 Å². The van der Waals surface area contributed by atoms with Crippen LogP contribution in [0.3, 0.4) is 0 Å². The largest absolute Gasteiger partial charge is 0.342 e. The molecule has 10 heterocycles. The molecule has 0 saturated heterocycles. The summed E-state index contributed by atoms with van der Waals surface area (Å²) >= 11 is 13.7. The molecule has 0 fully saturated rings. The van der Waals surface area contributed by atoms with Crippen LogP contribution in [0.25, 0.3) is 92.3 Å². The van der Waals surface area contributed by atoms with Crippen LogP contribution in [0.15, 0.2) is 57.3 Å². The second kappa shape index (κ2) is 10.1. The quantitative estimate of drug-likeness (QED) is 0.179. The summed E-state index contributed by atoms with van der Waals surface area (Å²) in [5.41, 5.74) is 10.9. The maximum Gasteiger partial charge on any atom is 0.116 e. The van der Waals surface area contributed by atoms with E-state index in [1.807, 2.05) is 45.3 Å². The molecule has 1 aliphatic rings. The average Bonchev–Trinajstić information content (AvgIpc) is 3.89. The first-order valence-electron chi connectivity index (χ1n) is 15.0. The lowest BCUT2D eigenvalue weighted by atomic mass is 10.0. The van der Waals surface area contributed by atoms with Crippen molar-refractivity contribution in [1.82, 2.24) is 17.9 Å². The van der Waals surface area contributed by atoms with E-state index in [1.54, 1.807) is 22.7 Å². The third-order valence-corrected chi connectivity index (χ3v) is 17.4. The molecule has 0 amide bonds. The third kappa shape index (κ3) is 3.85. The molecule has 11 rings (SSSR count). The van der Waals surface area contributed by atoms with Crippen molar-refractivity contribution in [3.05, 3.63) is 58.3 Å². The minimum absolute atomic E-state index is 0.906. The highest BCUT2D eigenvalue weighted by Crippen LogP contribution is 2.56. The maximum atomic E-state index is 4.87. The summed E-state index contributed by atoms with van der Waals surface area (Å²) in [6.45, 7) is 4.38. The zero-order valence-corrected chi connectivity index (χ0v) is 32.1. The molecule has 0 saturated carbocycles. The average molecular weight is 769 g/mol. The van der Waals surface area contributed by atoms with Gasteiger partial charge in [0.1, 0.15) is 22.4 Å². The number of rotatable bonds is 4. The van der Waals surface area contributed by atoms with Crippen LogP contribution in [-0.4, -0.2) is 17.9 Å². The zero-order chi connectivity index (χ0) is 32.0. The number of benzene rings is 1. The lowest BCUT2D eigenvalue weighted by molar-refractivity contribution is 1.02. The lowest BCUT2D eigenvalue weighted by Gasteiger charge is -2.09. The first-order chi connectivity index (χ1) is 23.4. The summed E-state index contributed by atoms with van der Waals surface area (Å²) in [7, 11) is 4.35. The predicted molar refractivity (Wildman–Crippen MR) is 215 cm³/mol. The minimum atomic E-state index is 0.906. The Morgan fingerprint density at radius 2 is 0.896 bits per heavy atom. The highest BCUT2D eigenvalue weighted by Gasteiger charge is 2.28. The molecule has 0 atom stereocenters. The molecule has 0 bridgehead atoms. The van der Waals surface area contributed by atoms with E-state index in [2.05, 4.69) is 85.6 Å². The van der Waals surface area contributed by atoms with Crippen molar-refractivity contribution in [2.24, 2.45) is 22.8 Å². The normalized spacial score (nSPS) is 13.1. The molecule has 48 heavy (non-hydrogen) atoms. The molecule has 1 aliphatic heterocycles. The molecule has 0 aliphatic carbocycles. The van der Waals surface area contributed by atoms with E-state index in [9.17, 15) is 0 Å². The summed E-state index contributed by atoms with van der Waals surface area (Å²) in [5.74, 6) is 0. The number of nitrogens with zero attached hydrogens (tertiary/aromatic N) is 6. The summed E-state index contributed by atoms with van der Waals surface area (Å²) in [6.07, 6.45) is 0. The number of fused-ring (bicyclic) bond motifs is 8. The topological polar surface area (TPSA) is 60.4 Å². The van der Waals surface area contributed by atoms with Gasteiger partial charge in [-0.3, -0.25) is 0 Å². The van der Waals surface area contributed by atoms with Gasteiger partial charge >= 0.3 is 0 Å². The Kier molecular flexibility index (Phi) is 6.00. The predicted octanol–water partition coefficient (Wildman–Crippen LogP) is 13.4. The van der Waals surface area contributed by atoms with Gasteiger partial charge in [0, 0.05) is 64.2 Å². The van der Waals surface area contributed by atoms with Crippen molar-refractivity contribution in [1.29, 1.82) is 0 Å². The Labute approximate surface area is 305 Å². The summed E-state index contributed by atoms with van der Waals surface area (Å²) < 4.78 is 29.7. The first kappa shape index (κ1) is 28.5. The third-order valence-electron chi connectivity index (χ3n) is 9.07. The van der Waals surface area contributed by atoms with Crippen molar-refractivity contribution in [3.8, 4) is 40.4 Å². The van der Waals surface area contributed by atoms with Gasteiger partial charge < -0.3 is 9.13 Å². The van der Waals surface area contributed by atoms with E-state index >= 15 is 0 Å². The molecule has 1 aromatic carbocycles. The van der Waals surface area contributed by atoms with Crippen molar-refractivity contribution < 1.29 is 0 Å². The van der Waals surface area contributed by atoms with Gasteiger partial charge in [0.15, 0.2) is 0 Å². The molecule has 0 unspecified atom stereocenters. The van der Waals surface area contributed by atoms with Gasteiger partial charge in [0.05, 0.1) is 63.9 Å². The number of aryl methyl sites for hydroxylation is 4. The van der Waals surface area contributed by atoms with Crippen LogP contribution in [0.5, 0.6) is 0 Å². The van der Waals surface area contributed by atoms with Crippen LogP contribution in [0.2, 0.25) is 0 Å². The first-order valence-corrected chi connectivity index (χ1v) is 21.4. The fourth-order valence-corrected chi connectivity index (χ4v) is 15.0. The molecule has 0 spiro atoms. The molecular weight excluding hydrogens is 749 g/mol. The Balaban J connectivity index is 1.02. The van der Waals surface area contributed by atoms with Crippen molar-refractivity contribution in [3.63, 3.8) is 0 Å². The zero-order valence-electron chi connectivity index (χ0n) is 25.6. The molecular formula is C34H20N6S8. The Bertz CT molecular complexity index is 2860. The van der Waals surface area contributed by atoms with Crippen molar-refractivity contribution in [2.45, 2.75) is 13.8 Å². The Morgan fingerprint density at radius 1 is 0.479 bits per heavy atom. The lowest BCUT2D eigenvalue weighted by Crippen LogP contribution is -1.85. The van der Waals surface area contributed by atoms with Crippen molar-refractivity contribution >= 4 is 154 Å². The molecule has 10 aromatic rings. The van der Waals surface area contributed by atoms with E-state index in [0.29, 0.717) is 0 Å². The second-order valence-electron chi connectivity index (χ2n) is 11.9. The SMILES string of the molecule is Cc1cc2c(s1)c1sc(-c3ccc(-c4c5c(c(-c6ccc(-c7cc8c(s7)c7sc(C)cc7n8C)s6)c6nsnc46)N=S=N5)s3)cc1n2C. The molecule has 0 radical (unpaired) electrons. The Hall–Kier alpha value is -3.34. The highest BCUT2D eigenvalue weighted by molar-refractivity contribution is 7.58. The van der Waals surface area contributed by atoms with Gasteiger partial charge in [-0.05, 0) is 62.4 Å². The van der Waals surface area contributed by atoms with Crippen LogP contribution < -0.4 is 0 Å². The van der Waals surface area contributed by atoms with Crippen LogP contribution in [0.1, 0.15) is 9.75 Å². The van der Waals surface area contributed by atoms with Gasteiger partial charge in [-0.2, -0.15) is 17.5 Å². The summed E-state index contributed by atoms with van der Waals surface area (Å²) in [4.78, 5) is 10.1. The molecule has 9 aromatic heterocycles. The standard InChI is InChI=1S/C34H20N6S8/c1-13-9-15-31(41-13)33-17(39(15)3)11-23(45-33)19-5-7-21(43-19)25-27-29(37-47-35-27)26(30-28(25)36-48-38-30)22-8-6-20(44-22)24-12-18-34(46-24)32-16(40(18)4)10-14(2)42-32/h5-12H,1-4H3. The van der Waals surface area contributed by atoms with E-state index in [4.69, 9.17) is 17.5 Å². The monoisotopic (exact) mass is 768 g/mol. The van der Waals surface area contributed by atoms with E-state index in [-0.39, 0.29) is 0 Å². The van der Waals surface area contributed by atoms with Gasteiger partial charge in [-0.25, -0.2) is 0 Å². The number of hydrogen-bond donors (Lipinski definition) is 0. The molecule has 234 valence electrons. The van der Waals surface area contributed by atoms with E-state index < -0.39 is 0 Å². The Morgan fingerprint density at radius 3 is 1.38 bits per heavy atom. The fourth-order valence-electron chi connectivity index (χ4n) is 6.85. The minimum Gasteiger partial charge on any atom is -0.342 e. The maximum absolute atomic E-state index is 4.87. The van der Waals surface area contributed by atoms with Gasteiger partial charge in [-0.1, -0.05) is 0 Å². The van der Waals surface area contributed by atoms with E-state index in [1.165, 1.54) is 93.2 Å². The van der Waals surface area contributed by atoms with Crippen LogP contribution in [0, 0.1) is 13.8 Å². The summed E-state index contributed by atoms with van der Waals surface area (Å²) in [5, 5.41) is 0. The number of aromatic nitrogens is 4. The molecule has 0 N–H and O–H groups in total. The van der Waals surface area contributed by atoms with Crippen LogP contribution >= 0.6 is 79.7 Å². The van der Waals surface area contributed by atoms with E-state index in [0.717, 1.165) is 43.3 Å². The smallest absolute Gasteiger partial charge is 0.116 e. The highest BCUT2D eigenvalue weighted by atomic mass is 32.1. The number of thiophene rings is 6. The van der Waals surface area contributed by atoms with Crippen LogP contribution in [0.4, 0.5) is 11.4 Å². The van der Waals surface area contributed by atoms with Crippen LogP contribution in [-0.2, 0) is 25.4 Å².